The summed E-state index contributed by atoms with van der Waals surface area (Å²) in [5.74, 6) is 3.43. The second kappa shape index (κ2) is 10.0. The summed E-state index contributed by atoms with van der Waals surface area (Å²) in [6, 6.07) is 9.15. The second-order valence-corrected chi connectivity index (χ2v) is 18.9. The van der Waals surface area contributed by atoms with Crippen molar-refractivity contribution < 1.29 is 10.2 Å². The van der Waals surface area contributed by atoms with Crippen LogP contribution in [0.3, 0.4) is 0 Å². The van der Waals surface area contributed by atoms with E-state index < -0.39 is 0 Å². The van der Waals surface area contributed by atoms with Gasteiger partial charge in [0.15, 0.2) is 0 Å². The fourth-order valence-corrected chi connectivity index (χ4v) is 10.6. The molecule has 0 heterocycles. The van der Waals surface area contributed by atoms with Gasteiger partial charge in [-0.05, 0) is 155 Å². The van der Waals surface area contributed by atoms with Gasteiger partial charge >= 0.3 is 0 Å². The Bertz CT molecular complexity index is 1270. The average molecular weight is 585 g/mol. The molecular formula is C41H60O2. The van der Waals surface area contributed by atoms with Crippen molar-refractivity contribution in [3.8, 4) is 11.5 Å². The first-order valence-electron chi connectivity index (χ1n) is 17.6. The molecule has 1 spiro atoms. The van der Waals surface area contributed by atoms with Gasteiger partial charge in [0, 0.05) is 5.41 Å². The largest absolute Gasteiger partial charge is 0.508 e. The van der Waals surface area contributed by atoms with Crippen LogP contribution in [0.4, 0.5) is 0 Å². The summed E-state index contributed by atoms with van der Waals surface area (Å²) < 4.78 is 0. The summed E-state index contributed by atoms with van der Waals surface area (Å²) in [5.41, 5.74) is 8.40. The van der Waals surface area contributed by atoms with Crippen LogP contribution in [-0.2, 0) is 16.2 Å². The molecule has 0 aliphatic heterocycles. The van der Waals surface area contributed by atoms with Gasteiger partial charge in [0.2, 0.25) is 0 Å². The first kappa shape index (κ1) is 31.0. The third-order valence-corrected chi connectivity index (χ3v) is 13.1. The Morgan fingerprint density at radius 2 is 0.837 bits per heavy atom. The maximum Gasteiger partial charge on any atom is 0.119 e. The molecule has 0 amide bonds. The Morgan fingerprint density at radius 1 is 0.512 bits per heavy atom. The van der Waals surface area contributed by atoms with Crippen molar-refractivity contribution in [1.82, 2.24) is 0 Å². The van der Waals surface area contributed by atoms with Crippen LogP contribution in [0.1, 0.15) is 179 Å². The first-order chi connectivity index (χ1) is 19.8. The molecule has 4 aliphatic rings. The summed E-state index contributed by atoms with van der Waals surface area (Å²) in [5, 5.41) is 23.3. The maximum atomic E-state index is 11.6. The number of phenolic OH excluding ortho intramolecular Hbond substituents is 2. The number of hydrogen-bond donors (Lipinski definition) is 2. The van der Waals surface area contributed by atoms with Crippen molar-refractivity contribution in [2.45, 2.75) is 162 Å². The van der Waals surface area contributed by atoms with Crippen molar-refractivity contribution in [1.29, 1.82) is 0 Å². The number of aromatic hydroxyl groups is 2. The van der Waals surface area contributed by atoms with Crippen LogP contribution in [-0.4, -0.2) is 10.2 Å². The molecule has 0 aromatic heterocycles. The van der Waals surface area contributed by atoms with Crippen LogP contribution in [0.5, 0.6) is 11.5 Å². The van der Waals surface area contributed by atoms with Gasteiger partial charge in [-0.15, -0.1) is 0 Å². The van der Waals surface area contributed by atoms with Crippen molar-refractivity contribution in [2.24, 2.45) is 22.7 Å². The molecule has 4 aliphatic carbocycles. The topological polar surface area (TPSA) is 40.5 Å². The summed E-state index contributed by atoms with van der Waals surface area (Å²) in [6.07, 6.45) is 11.7. The lowest BCUT2D eigenvalue weighted by atomic mass is 9.68. The number of hydrogen-bond acceptors (Lipinski definition) is 2. The van der Waals surface area contributed by atoms with E-state index in [1.807, 2.05) is 0 Å². The molecule has 2 aromatic rings. The van der Waals surface area contributed by atoms with Gasteiger partial charge in [-0.1, -0.05) is 81.4 Å². The Hall–Kier alpha value is -1.96. The summed E-state index contributed by atoms with van der Waals surface area (Å²) in [4.78, 5) is 0. The molecule has 0 bridgehead atoms. The first-order valence-corrected chi connectivity index (χ1v) is 17.6. The predicted molar refractivity (Wildman–Crippen MR) is 181 cm³/mol. The van der Waals surface area contributed by atoms with E-state index in [1.165, 1.54) is 84.7 Å². The maximum absolute atomic E-state index is 11.6. The molecule has 2 fully saturated rings. The lowest BCUT2D eigenvalue weighted by molar-refractivity contribution is 0.168. The van der Waals surface area contributed by atoms with E-state index in [9.17, 15) is 10.2 Å². The number of fused-ring (bicyclic) bond motifs is 4. The van der Waals surface area contributed by atoms with E-state index in [-0.39, 0.29) is 16.2 Å². The van der Waals surface area contributed by atoms with Gasteiger partial charge < -0.3 is 10.2 Å². The van der Waals surface area contributed by atoms with Gasteiger partial charge in [-0.3, -0.25) is 0 Å². The molecule has 0 radical (unpaired) electrons. The number of phenols is 2. The molecule has 2 N–H and O–H groups in total. The van der Waals surface area contributed by atoms with E-state index in [2.05, 4.69) is 93.5 Å². The average Bonchev–Trinajstić information content (AvgIpc) is 3.25. The van der Waals surface area contributed by atoms with Crippen LogP contribution in [0, 0.1) is 22.7 Å². The predicted octanol–water partition coefficient (Wildman–Crippen LogP) is 11.4. The van der Waals surface area contributed by atoms with Crippen LogP contribution in [0.15, 0.2) is 24.3 Å². The van der Waals surface area contributed by atoms with Crippen molar-refractivity contribution in [3.63, 3.8) is 0 Å². The zero-order chi connectivity index (χ0) is 31.3. The van der Waals surface area contributed by atoms with Gasteiger partial charge in [0.1, 0.15) is 11.5 Å². The zero-order valence-electron chi connectivity index (χ0n) is 29.1. The van der Waals surface area contributed by atoms with E-state index in [0.29, 0.717) is 34.2 Å². The monoisotopic (exact) mass is 584 g/mol. The molecule has 0 atom stereocenters. The number of rotatable bonds is 2. The summed E-state index contributed by atoms with van der Waals surface area (Å²) in [7, 11) is 0. The molecular weight excluding hydrogens is 524 g/mol. The minimum atomic E-state index is -0.169. The standard InChI is InChI=1S/C41H60O2/c1-37(2,3)27-15-11-25(12-16-27)29-19-31-33(21-35(29)42)41(23-39(31,7)8)24-40(9,10)32-20-30(36(43)22-34(32)41)26-13-17-28(18-14-26)38(4,5)6/h19-22,25-28,42-43H,11-18,23-24H2,1-10H3. The molecule has 43 heavy (non-hydrogen) atoms. The van der Waals surface area contributed by atoms with E-state index in [1.54, 1.807) is 0 Å². The Morgan fingerprint density at radius 3 is 1.14 bits per heavy atom. The van der Waals surface area contributed by atoms with Crippen molar-refractivity contribution in [3.05, 3.63) is 57.6 Å². The molecule has 2 heteroatoms. The molecule has 2 saturated carbocycles. The zero-order valence-corrected chi connectivity index (χ0v) is 29.1. The van der Waals surface area contributed by atoms with Crippen LogP contribution in [0.2, 0.25) is 0 Å². The highest BCUT2D eigenvalue weighted by Crippen LogP contribution is 2.65. The Kier molecular flexibility index (Phi) is 7.23. The smallest absolute Gasteiger partial charge is 0.119 e. The summed E-state index contributed by atoms with van der Waals surface area (Å²) in [6.45, 7) is 23.9. The lowest BCUT2D eigenvalue weighted by Gasteiger charge is -2.37. The molecule has 0 saturated heterocycles. The van der Waals surface area contributed by atoms with Gasteiger partial charge in [-0.25, -0.2) is 0 Å². The van der Waals surface area contributed by atoms with Crippen LogP contribution in [0.25, 0.3) is 0 Å². The quantitative estimate of drug-likeness (QED) is 0.368. The fraction of sp³-hybridized carbons (Fsp3) is 0.707. The van der Waals surface area contributed by atoms with Gasteiger partial charge in [0.05, 0.1) is 0 Å². The summed E-state index contributed by atoms with van der Waals surface area (Å²) >= 11 is 0. The lowest BCUT2D eigenvalue weighted by Crippen LogP contribution is -2.27. The van der Waals surface area contributed by atoms with Crippen LogP contribution < -0.4 is 0 Å². The highest BCUT2D eigenvalue weighted by molar-refractivity contribution is 5.64. The second-order valence-electron chi connectivity index (χ2n) is 18.9. The third kappa shape index (κ3) is 5.15. The minimum absolute atomic E-state index is 0.0116. The normalized spacial score (nSPS) is 31.7. The highest BCUT2D eigenvalue weighted by Gasteiger charge is 2.57. The number of benzene rings is 2. The minimum Gasteiger partial charge on any atom is -0.508 e. The van der Waals surface area contributed by atoms with E-state index in [0.717, 1.165) is 24.7 Å². The van der Waals surface area contributed by atoms with Crippen molar-refractivity contribution >= 4 is 0 Å². The molecule has 0 unspecified atom stereocenters. The Labute approximate surface area is 263 Å². The molecule has 6 rings (SSSR count). The molecule has 2 nitrogen and oxygen atoms in total. The SMILES string of the molecule is CC1(C)CC2(CC(C)(C)c3cc(C4CCC(C(C)(C)C)CC4)c(O)cc32)c2cc(O)c(C3CCC(C(C)(C)C)CC3)cc21. The molecule has 236 valence electrons. The van der Waals surface area contributed by atoms with Crippen molar-refractivity contribution in [2.75, 3.05) is 0 Å². The van der Waals surface area contributed by atoms with Gasteiger partial charge in [-0.2, -0.15) is 0 Å². The molecule has 2 aromatic carbocycles. The van der Waals surface area contributed by atoms with Gasteiger partial charge in [0.25, 0.3) is 0 Å². The fourth-order valence-electron chi connectivity index (χ4n) is 10.6. The highest BCUT2D eigenvalue weighted by atomic mass is 16.3. The Balaban J connectivity index is 1.36. The van der Waals surface area contributed by atoms with E-state index in [4.69, 9.17) is 0 Å². The third-order valence-electron chi connectivity index (χ3n) is 13.1. The van der Waals surface area contributed by atoms with Crippen LogP contribution >= 0.6 is 0 Å². The van der Waals surface area contributed by atoms with E-state index >= 15 is 0 Å².